The minimum absolute atomic E-state index is 0.0126. The Hall–Kier alpha value is -4.95. The van der Waals surface area contributed by atoms with Gasteiger partial charge in [0.05, 0.1) is 18.2 Å². The molecule has 0 radical (unpaired) electrons. The van der Waals surface area contributed by atoms with E-state index in [1.807, 2.05) is 36.9 Å². The topological polar surface area (TPSA) is 129 Å². The number of aryl methyl sites for hydroxylation is 1. The van der Waals surface area contributed by atoms with E-state index >= 15 is 0 Å². The third-order valence-corrected chi connectivity index (χ3v) is 8.29. The minimum Gasteiger partial charge on any atom is -0.492 e. The Morgan fingerprint density at radius 3 is 2.58 bits per heavy atom. The van der Waals surface area contributed by atoms with Gasteiger partial charge in [0.2, 0.25) is 17.8 Å². The normalized spacial score (nSPS) is 16.9. The molecular formula is C38H45ClF3N7O4. The molecule has 4 heterocycles. The van der Waals surface area contributed by atoms with E-state index in [-0.39, 0.29) is 30.3 Å². The molecule has 0 aromatic heterocycles. The van der Waals surface area contributed by atoms with Crippen LogP contribution in [0.15, 0.2) is 87.8 Å². The average Bonchev–Trinajstić information content (AvgIpc) is 3.12. The van der Waals surface area contributed by atoms with Crippen LogP contribution in [0.3, 0.4) is 0 Å². The summed E-state index contributed by atoms with van der Waals surface area (Å²) in [5.41, 5.74) is 2.32. The van der Waals surface area contributed by atoms with Crippen LogP contribution < -0.4 is 20.7 Å². The predicted molar refractivity (Wildman–Crippen MR) is 202 cm³/mol. The van der Waals surface area contributed by atoms with Gasteiger partial charge in [-0.15, -0.1) is 0 Å². The van der Waals surface area contributed by atoms with Gasteiger partial charge in [-0.2, -0.15) is 18.2 Å². The number of alkyl halides is 3. The number of nitrogens with one attached hydrogen (secondary N) is 3. The van der Waals surface area contributed by atoms with Crippen molar-refractivity contribution in [3.63, 3.8) is 0 Å². The molecule has 11 nitrogen and oxygen atoms in total. The van der Waals surface area contributed by atoms with Gasteiger partial charge in [0.15, 0.2) is 0 Å². The summed E-state index contributed by atoms with van der Waals surface area (Å²) in [6, 6.07) is 21.7. The van der Waals surface area contributed by atoms with Crippen LogP contribution in [0.1, 0.15) is 54.6 Å². The fraction of sp³-hybridized carbons (Fsp3) is 0.395. The molecule has 53 heavy (non-hydrogen) atoms. The number of benzene rings is 3. The lowest BCUT2D eigenvalue weighted by Crippen LogP contribution is -2.45. The maximum absolute atomic E-state index is 13.5. The van der Waals surface area contributed by atoms with E-state index in [0.717, 1.165) is 6.42 Å². The van der Waals surface area contributed by atoms with Gasteiger partial charge >= 0.3 is 6.18 Å². The summed E-state index contributed by atoms with van der Waals surface area (Å²) in [6.07, 6.45) is -2.07. The molecule has 3 aromatic rings. The van der Waals surface area contributed by atoms with E-state index in [4.69, 9.17) is 16.3 Å². The second-order valence-corrected chi connectivity index (χ2v) is 13.6. The summed E-state index contributed by atoms with van der Waals surface area (Å²) in [7, 11) is 0. The van der Waals surface area contributed by atoms with E-state index in [1.165, 1.54) is 5.56 Å². The van der Waals surface area contributed by atoms with Crippen molar-refractivity contribution in [3.8, 4) is 5.75 Å². The summed E-state index contributed by atoms with van der Waals surface area (Å²) < 4.78 is 48.6. The molecule has 3 aromatic carbocycles. The molecule has 284 valence electrons. The summed E-state index contributed by atoms with van der Waals surface area (Å²) in [5.74, 6) is 0.101. The lowest BCUT2D eigenvalue weighted by Gasteiger charge is -2.33. The smallest absolute Gasteiger partial charge is 0.411 e. The molecule has 0 unspecified atom stereocenters. The molecule has 4 aliphatic heterocycles. The molecule has 4 bridgehead atoms. The van der Waals surface area contributed by atoms with Gasteiger partial charge in [0.25, 0.3) is 5.91 Å². The molecule has 0 saturated heterocycles. The lowest BCUT2D eigenvalue weighted by atomic mass is 9.92. The van der Waals surface area contributed by atoms with Crippen LogP contribution in [0, 0.1) is 5.41 Å². The average molecular weight is 756 g/mol. The zero-order valence-electron chi connectivity index (χ0n) is 29.8. The monoisotopic (exact) mass is 755 g/mol. The second-order valence-electron chi connectivity index (χ2n) is 13.2. The first-order valence-corrected chi connectivity index (χ1v) is 17.5. The number of aliphatic imine (C=N–C) groups is 3. The molecule has 2 amide bonds. The van der Waals surface area contributed by atoms with Crippen molar-refractivity contribution in [3.05, 3.63) is 94.5 Å². The molecular weight excluding hydrogens is 711 g/mol. The van der Waals surface area contributed by atoms with Crippen LogP contribution >= 0.6 is 11.6 Å². The molecule has 15 heteroatoms. The van der Waals surface area contributed by atoms with E-state index < -0.39 is 24.9 Å². The SMILES string of the molecule is C=N/C1=N\C(NCOCC(F)(F)F)=NCc2ccc(c(Cl)c2)OCCCN(C(=O)CCCc2ccccc2)CC(C)(C)CNC(=O)c2ccc(cc2)N1. The maximum Gasteiger partial charge on any atom is 0.411 e. The van der Waals surface area contributed by atoms with Crippen molar-refractivity contribution in [2.45, 2.75) is 52.3 Å². The number of rotatable bonds is 7. The van der Waals surface area contributed by atoms with Crippen LogP contribution in [0.5, 0.6) is 5.75 Å². The van der Waals surface area contributed by atoms with Crippen molar-refractivity contribution >= 4 is 47.7 Å². The summed E-state index contributed by atoms with van der Waals surface area (Å²) in [6.45, 7) is 7.09. The predicted octanol–water partition coefficient (Wildman–Crippen LogP) is 6.88. The Labute approximate surface area is 312 Å². The van der Waals surface area contributed by atoms with Gasteiger partial charge < -0.3 is 30.3 Å². The Morgan fingerprint density at radius 1 is 1.13 bits per heavy atom. The van der Waals surface area contributed by atoms with Crippen molar-refractivity contribution in [1.29, 1.82) is 0 Å². The number of hydrogen-bond acceptors (Lipinski definition) is 9. The Kier molecular flexibility index (Phi) is 15.2. The molecule has 4 aliphatic rings. The van der Waals surface area contributed by atoms with Crippen LogP contribution in [0.25, 0.3) is 0 Å². The molecule has 3 N–H and O–H groups in total. The number of anilines is 1. The van der Waals surface area contributed by atoms with E-state index in [1.54, 1.807) is 42.5 Å². The summed E-state index contributed by atoms with van der Waals surface area (Å²) in [5, 5.41) is 8.92. The van der Waals surface area contributed by atoms with Crippen LogP contribution in [0.4, 0.5) is 18.9 Å². The fourth-order valence-corrected chi connectivity index (χ4v) is 5.60. The number of hydrogen-bond donors (Lipinski definition) is 3. The molecule has 7 rings (SSSR count). The number of carbonyl (C=O) groups is 2. The zero-order chi connectivity index (χ0) is 38.3. The first-order chi connectivity index (χ1) is 25.3. The van der Waals surface area contributed by atoms with Crippen molar-refractivity contribution < 1.29 is 32.2 Å². The van der Waals surface area contributed by atoms with E-state index in [2.05, 4.69) is 54.5 Å². The van der Waals surface area contributed by atoms with E-state index in [0.29, 0.717) is 73.1 Å². The van der Waals surface area contributed by atoms with Crippen molar-refractivity contribution in [1.82, 2.24) is 15.5 Å². The third-order valence-electron chi connectivity index (χ3n) is 8.00. The molecule has 0 fully saturated rings. The van der Waals surface area contributed by atoms with Crippen LogP contribution in [-0.4, -0.2) is 81.1 Å². The highest BCUT2D eigenvalue weighted by atomic mass is 35.5. The highest BCUT2D eigenvalue weighted by Gasteiger charge is 2.28. The van der Waals surface area contributed by atoms with Crippen LogP contribution in [-0.2, 0) is 22.5 Å². The number of guanidine groups is 2. The Bertz CT molecular complexity index is 1740. The number of ether oxygens (including phenoxy) is 2. The summed E-state index contributed by atoms with van der Waals surface area (Å²) >= 11 is 6.55. The number of amides is 2. The van der Waals surface area contributed by atoms with Crippen molar-refractivity contribution in [2.75, 3.05) is 44.9 Å². The quantitative estimate of drug-likeness (QED) is 0.137. The summed E-state index contributed by atoms with van der Waals surface area (Å²) in [4.78, 5) is 41.1. The molecule has 0 saturated carbocycles. The minimum atomic E-state index is -4.51. The van der Waals surface area contributed by atoms with Gasteiger partial charge in [0, 0.05) is 37.3 Å². The highest BCUT2D eigenvalue weighted by molar-refractivity contribution is 6.32. The Balaban J connectivity index is 1.54. The van der Waals surface area contributed by atoms with Gasteiger partial charge in [-0.25, -0.2) is 9.98 Å². The largest absolute Gasteiger partial charge is 0.492 e. The lowest BCUT2D eigenvalue weighted by molar-refractivity contribution is -0.174. The van der Waals surface area contributed by atoms with Gasteiger partial charge in [-0.3, -0.25) is 9.59 Å². The molecule has 0 atom stereocenters. The zero-order valence-corrected chi connectivity index (χ0v) is 30.6. The van der Waals surface area contributed by atoms with Crippen molar-refractivity contribution in [2.24, 2.45) is 20.4 Å². The first kappa shape index (κ1) is 40.8. The molecule has 0 aliphatic carbocycles. The van der Waals surface area contributed by atoms with Gasteiger partial charge in [0.1, 0.15) is 19.1 Å². The van der Waals surface area contributed by atoms with Crippen LogP contribution in [0.2, 0.25) is 5.02 Å². The standard InChI is InChI=1S/C38H45ClF3N7O4/c1-37(2)23-45-34(51)29-14-16-30(17-15-29)47-35(43-3)48-36(46-26-52-25-38(40,41)42)44-22-28-13-18-32(31(39)21-28)53-20-8-19-49(24-37)33(50)12-7-11-27-9-5-4-6-10-27/h4-6,9-10,13-18,21H,3,7-8,11-12,19-20,22-26H2,1-2H3,(H,45,51)(H2,44,46,47,48). The second kappa shape index (κ2) is 19.8. The maximum atomic E-state index is 13.5. The fourth-order valence-electron chi connectivity index (χ4n) is 5.35. The van der Waals surface area contributed by atoms with Gasteiger partial charge in [-0.05, 0) is 78.9 Å². The van der Waals surface area contributed by atoms with Gasteiger partial charge in [-0.1, -0.05) is 61.8 Å². The number of nitrogens with zero attached hydrogens (tertiary/aromatic N) is 4. The Morgan fingerprint density at radius 2 is 1.89 bits per heavy atom. The molecule has 0 spiro atoms. The number of halogens is 4. The number of carbonyl (C=O) groups excluding carboxylic acids is 2. The van der Waals surface area contributed by atoms with E-state index in [9.17, 15) is 22.8 Å². The third kappa shape index (κ3) is 14.5. The highest BCUT2D eigenvalue weighted by Crippen LogP contribution is 2.26. The first-order valence-electron chi connectivity index (χ1n) is 17.2.